The highest BCUT2D eigenvalue weighted by Gasteiger charge is 2.04. The number of amides is 1. The van der Waals surface area contributed by atoms with Gasteiger partial charge >= 0.3 is 0 Å². The molecule has 0 radical (unpaired) electrons. The van der Waals surface area contributed by atoms with E-state index in [1.807, 2.05) is 25.1 Å². The van der Waals surface area contributed by atoms with Gasteiger partial charge in [-0.1, -0.05) is 37.3 Å². The molecule has 1 atom stereocenters. The van der Waals surface area contributed by atoms with Crippen LogP contribution in [0.15, 0.2) is 30.3 Å². The van der Waals surface area contributed by atoms with Crippen LogP contribution in [0.3, 0.4) is 0 Å². The van der Waals surface area contributed by atoms with Gasteiger partial charge < -0.3 is 10.4 Å². The van der Waals surface area contributed by atoms with E-state index in [-0.39, 0.29) is 12.0 Å². The van der Waals surface area contributed by atoms with Crippen LogP contribution in [0.4, 0.5) is 0 Å². The van der Waals surface area contributed by atoms with Gasteiger partial charge in [0.2, 0.25) is 5.91 Å². The van der Waals surface area contributed by atoms with Crippen LogP contribution in [0.1, 0.15) is 25.3 Å². The van der Waals surface area contributed by atoms with Crippen LogP contribution >= 0.6 is 11.8 Å². The van der Waals surface area contributed by atoms with Gasteiger partial charge in [-0.25, -0.2) is 0 Å². The van der Waals surface area contributed by atoms with Gasteiger partial charge in [-0.2, -0.15) is 0 Å². The summed E-state index contributed by atoms with van der Waals surface area (Å²) in [6, 6.07) is 10.1. The summed E-state index contributed by atoms with van der Waals surface area (Å²) in [5.41, 5.74) is 1.23. The van der Waals surface area contributed by atoms with Crippen molar-refractivity contribution in [1.82, 2.24) is 5.32 Å². The summed E-state index contributed by atoms with van der Waals surface area (Å²) >= 11 is 1.60. The van der Waals surface area contributed by atoms with E-state index in [2.05, 4.69) is 17.4 Å². The third-order valence-electron chi connectivity index (χ3n) is 2.62. The molecule has 0 bridgehead atoms. The van der Waals surface area contributed by atoms with Gasteiger partial charge in [0.05, 0.1) is 11.9 Å². The summed E-state index contributed by atoms with van der Waals surface area (Å²) in [5, 5.41) is 12.2. The zero-order chi connectivity index (χ0) is 13.2. The van der Waals surface area contributed by atoms with Crippen molar-refractivity contribution in [3.63, 3.8) is 0 Å². The molecule has 0 saturated carbocycles. The molecule has 18 heavy (non-hydrogen) atoms. The Bertz CT molecular complexity index is 343. The van der Waals surface area contributed by atoms with Gasteiger partial charge in [-0.15, -0.1) is 11.8 Å². The van der Waals surface area contributed by atoms with Crippen molar-refractivity contribution in [3.8, 4) is 0 Å². The summed E-state index contributed by atoms with van der Waals surface area (Å²) in [7, 11) is 0. The molecule has 0 aliphatic rings. The maximum absolute atomic E-state index is 11.5. The molecule has 0 saturated heterocycles. The first kappa shape index (κ1) is 15.1. The summed E-state index contributed by atoms with van der Waals surface area (Å²) in [5.74, 6) is 1.36. The number of rotatable bonds is 8. The fraction of sp³-hybridized carbons (Fsp3) is 0.500. The molecule has 0 aromatic heterocycles. The highest BCUT2D eigenvalue weighted by molar-refractivity contribution is 7.99. The number of hydrogen-bond acceptors (Lipinski definition) is 3. The molecule has 1 unspecified atom stereocenters. The SMILES string of the molecule is CCC(O)CCNC(=O)CSCc1ccccc1. The molecule has 1 amide bonds. The number of carbonyl (C=O) groups excluding carboxylic acids is 1. The smallest absolute Gasteiger partial charge is 0.230 e. The van der Waals surface area contributed by atoms with Crippen LogP contribution in [-0.4, -0.2) is 29.4 Å². The van der Waals surface area contributed by atoms with Gasteiger partial charge in [0, 0.05) is 12.3 Å². The van der Waals surface area contributed by atoms with Crippen LogP contribution in [-0.2, 0) is 10.5 Å². The van der Waals surface area contributed by atoms with Crippen molar-refractivity contribution in [2.24, 2.45) is 0 Å². The van der Waals surface area contributed by atoms with Crippen molar-refractivity contribution in [2.75, 3.05) is 12.3 Å². The first-order valence-electron chi connectivity index (χ1n) is 6.28. The number of hydrogen-bond donors (Lipinski definition) is 2. The Hall–Kier alpha value is -1.00. The Morgan fingerprint density at radius 2 is 2.11 bits per heavy atom. The van der Waals surface area contributed by atoms with E-state index in [1.54, 1.807) is 11.8 Å². The number of aliphatic hydroxyl groups excluding tert-OH is 1. The van der Waals surface area contributed by atoms with Crippen LogP contribution in [0.25, 0.3) is 0 Å². The standard InChI is InChI=1S/C14H21NO2S/c1-2-13(16)8-9-15-14(17)11-18-10-12-6-4-3-5-7-12/h3-7,13,16H,2,8-11H2,1H3,(H,15,17). The van der Waals surface area contributed by atoms with E-state index < -0.39 is 0 Å². The quantitative estimate of drug-likeness (QED) is 0.759. The lowest BCUT2D eigenvalue weighted by molar-refractivity contribution is -0.118. The highest BCUT2D eigenvalue weighted by Crippen LogP contribution is 2.10. The predicted octanol–water partition coefficient (Wildman–Crippen LogP) is 2.20. The first-order valence-corrected chi connectivity index (χ1v) is 7.44. The Kier molecular flexibility index (Phi) is 7.53. The van der Waals surface area contributed by atoms with Gasteiger partial charge in [0.25, 0.3) is 0 Å². The Balaban J connectivity index is 2.07. The Morgan fingerprint density at radius 3 is 2.78 bits per heavy atom. The summed E-state index contributed by atoms with van der Waals surface area (Å²) < 4.78 is 0. The molecule has 100 valence electrons. The molecule has 3 nitrogen and oxygen atoms in total. The average Bonchev–Trinajstić information content (AvgIpc) is 2.39. The molecule has 4 heteroatoms. The number of nitrogens with one attached hydrogen (secondary N) is 1. The second-order valence-electron chi connectivity index (χ2n) is 4.18. The van der Waals surface area contributed by atoms with Gasteiger partial charge in [0.1, 0.15) is 0 Å². The number of aliphatic hydroxyl groups is 1. The fourth-order valence-corrected chi connectivity index (χ4v) is 2.29. The minimum absolute atomic E-state index is 0.0410. The maximum Gasteiger partial charge on any atom is 0.230 e. The van der Waals surface area contributed by atoms with Crippen LogP contribution in [0.5, 0.6) is 0 Å². The normalized spacial score (nSPS) is 12.1. The van der Waals surface area contributed by atoms with Gasteiger partial charge in [0.15, 0.2) is 0 Å². The summed E-state index contributed by atoms with van der Waals surface area (Å²) in [6.45, 7) is 2.49. The molecular formula is C14H21NO2S. The Morgan fingerprint density at radius 1 is 1.39 bits per heavy atom. The molecule has 0 heterocycles. The van der Waals surface area contributed by atoms with Crippen molar-refractivity contribution >= 4 is 17.7 Å². The van der Waals surface area contributed by atoms with Crippen molar-refractivity contribution in [1.29, 1.82) is 0 Å². The van der Waals surface area contributed by atoms with Crippen molar-refractivity contribution in [2.45, 2.75) is 31.6 Å². The monoisotopic (exact) mass is 267 g/mol. The molecule has 2 N–H and O–H groups in total. The van der Waals surface area contributed by atoms with Gasteiger partial charge in [-0.3, -0.25) is 4.79 Å². The minimum Gasteiger partial charge on any atom is -0.393 e. The Labute approximate surface area is 113 Å². The zero-order valence-corrected chi connectivity index (χ0v) is 11.6. The van der Waals surface area contributed by atoms with Crippen LogP contribution in [0.2, 0.25) is 0 Å². The van der Waals surface area contributed by atoms with Crippen LogP contribution < -0.4 is 5.32 Å². The fourth-order valence-electron chi connectivity index (χ4n) is 1.47. The van der Waals surface area contributed by atoms with E-state index in [1.165, 1.54) is 5.56 Å². The number of thioether (sulfide) groups is 1. The predicted molar refractivity (Wildman–Crippen MR) is 76.5 cm³/mol. The third-order valence-corrected chi connectivity index (χ3v) is 3.62. The minimum atomic E-state index is -0.303. The van der Waals surface area contributed by atoms with Crippen molar-refractivity contribution < 1.29 is 9.90 Å². The van der Waals surface area contributed by atoms with E-state index in [0.29, 0.717) is 18.7 Å². The van der Waals surface area contributed by atoms with Crippen molar-refractivity contribution in [3.05, 3.63) is 35.9 Å². The topological polar surface area (TPSA) is 49.3 Å². The van der Waals surface area contributed by atoms with E-state index in [4.69, 9.17) is 0 Å². The molecule has 1 aromatic rings. The second-order valence-corrected chi connectivity index (χ2v) is 5.16. The molecule has 1 rings (SSSR count). The molecular weight excluding hydrogens is 246 g/mol. The van der Waals surface area contributed by atoms with E-state index in [0.717, 1.165) is 12.2 Å². The molecule has 0 aliphatic heterocycles. The second kappa shape index (κ2) is 9.00. The number of benzene rings is 1. The summed E-state index contributed by atoms with van der Waals surface area (Å²) in [4.78, 5) is 11.5. The lowest BCUT2D eigenvalue weighted by atomic mass is 10.2. The molecule has 0 spiro atoms. The average molecular weight is 267 g/mol. The van der Waals surface area contributed by atoms with Gasteiger partial charge in [-0.05, 0) is 18.4 Å². The first-order chi connectivity index (χ1) is 8.72. The maximum atomic E-state index is 11.5. The zero-order valence-electron chi connectivity index (χ0n) is 10.8. The largest absolute Gasteiger partial charge is 0.393 e. The lowest BCUT2D eigenvalue weighted by Gasteiger charge is -2.08. The molecule has 1 aromatic carbocycles. The number of carbonyl (C=O) groups is 1. The molecule has 0 aliphatic carbocycles. The lowest BCUT2D eigenvalue weighted by Crippen LogP contribution is -2.28. The van der Waals surface area contributed by atoms with E-state index in [9.17, 15) is 9.90 Å². The van der Waals surface area contributed by atoms with E-state index >= 15 is 0 Å². The summed E-state index contributed by atoms with van der Waals surface area (Å²) in [6.07, 6.45) is 1.06. The van der Waals surface area contributed by atoms with Crippen LogP contribution in [0, 0.1) is 0 Å². The molecule has 0 fully saturated rings. The highest BCUT2D eigenvalue weighted by atomic mass is 32.2. The third kappa shape index (κ3) is 6.67.